The molecule has 1 fully saturated rings. The zero-order chi connectivity index (χ0) is 18.2. The number of hydrogen-bond acceptors (Lipinski definition) is 5. The molecule has 0 spiro atoms. The van der Waals surface area contributed by atoms with E-state index in [1.807, 2.05) is 0 Å². The Hall–Kier alpha value is -2.48. The molecular weight excluding hydrogens is 327 g/mol. The Bertz CT molecular complexity index is 804. The van der Waals surface area contributed by atoms with E-state index in [4.69, 9.17) is 10.5 Å². The van der Waals surface area contributed by atoms with Crippen LogP contribution >= 0.6 is 0 Å². The molecule has 0 aliphatic carbocycles. The summed E-state index contributed by atoms with van der Waals surface area (Å²) in [6.45, 7) is 4.31. The summed E-state index contributed by atoms with van der Waals surface area (Å²) in [4.78, 5) is 30.7. The monoisotopic (exact) mass is 348 g/mol. The third kappa shape index (κ3) is 2.76. The fourth-order valence-corrected chi connectivity index (χ4v) is 3.44. The summed E-state index contributed by atoms with van der Waals surface area (Å²) in [5.74, 6) is -1.47. The van der Waals surface area contributed by atoms with E-state index in [1.165, 1.54) is 22.6 Å². The molecule has 0 bridgehead atoms. The lowest BCUT2D eigenvalue weighted by atomic mass is 9.74. The van der Waals surface area contributed by atoms with Gasteiger partial charge in [-0.25, -0.2) is 9.38 Å². The molecule has 25 heavy (non-hydrogen) atoms. The molecule has 1 aromatic rings. The summed E-state index contributed by atoms with van der Waals surface area (Å²) in [5.41, 5.74) is 4.26. The van der Waals surface area contributed by atoms with E-state index in [1.54, 1.807) is 6.08 Å². The Morgan fingerprint density at radius 3 is 3.04 bits per heavy atom. The highest BCUT2D eigenvalue weighted by Gasteiger charge is 2.52. The maximum atomic E-state index is 14.9. The topological polar surface area (TPSA) is 89.9 Å². The van der Waals surface area contributed by atoms with E-state index >= 15 is 0 Å². The Labute approximate surface area is 144 Å². The van der Waals surface area contributed by atoms with Gasteiger partial charge in [0.2, 0.25) is 5.91 Å². The molecule has 0 radical (unpaired) electrons. The van der Waals surface area contributed by atoms with Crippen LogP contribution in [-0.2, 0) is 21.6 Å². The van der Waals surface area contributed by atoms with E-state index in [9.17, 15) is 14.0 Å². The Morgan fingerprint density at radius 1 is 1.56 bits per heavy atom. The molecule has 2 aliphatic rings. The fourth-order valence-electron chi connectivity index (χ4n) is 3.44. The predicted octanol–water partition coefficient (Wildman–Crippen LogP) is 0.582. The number of aryl methyl sites for hydroxylation is 1. The van der Waals surface area contributed by atoms with Gasteiger partial charge in [0.25, 0.3) is 5.56 Å². The number of aliphatic imine (C=N–C) groups is 1. The molecule has 7 nitrogen and oxygen atoms in total. The molecular formula is C17H21FN4O3. The van der Waals surface area contributed by atoms with Crippen LogP contribution in [0.3, 0.4) is 0 Å². The molecule has 2 N–H and O–H groups in total. The third-order valence-electron chi connectivity index (χ3n) is 4.85. The average Bonchev–Trinajstić information content (AvgIpc) is 2.60. The molecule has 8 heteroatoms. The summed E-state index contributed by atoms with van der Waals surface area (Å²) in [5, 5.41) is 0. The molecule has 1 saturated heterocycles. The number of nitrogens with two attached hydrogens (primary N) is 1. The average molecular weight is 348 g/mol. The molecule has 1 aromatic heterocycles. The minimum Gasteiger partial charge on any atom is -0.379 e. The van der Waals surface area contributed by atoms with E-state index in [0.29, 0.717) is 26.0 Å². The van der Waals surface area contributed by atoms with Crippen molar-refractivity contribution >= 4 is 11.9 Å². The van der Waals surface area contributed by atoms with Crippen molar-refractivity contribution in [2.24, 2.45) is 16.6 Å². The van der Waals surface area contributed by atoms with Crippen molar-refractivity contribution in [2.45, 2.75) is 24.9 Å². The van der Waals surface area contributed by atoms with Crippen molar-refractivity contribution in [1.29, 1.82) is 0 Å². The lowest BCUT2D eigenvalue weighted by molar-refractivity contribution is -0.140. The highest BCUT2D eigenvalue weighted by Crippen LogP contribution is 2.43. The molecule has 3 rings (SSSR count). The van der Waals surface area contributed by atoms with Crippen LogP contribution in [0.5, 0.6) is 0 Å². The van der Waals surface area contributed by atoms with Crippen LogP contribution in [0.4, 0.5) is 4.39 Å². The molecule has 0 saturated carbocycles. The summed E-state index contributed by atoms with van der Waals surface area (Å²) < 4.78 is 21.7. The van der Waals surface area contributed by atoms with Crippen molar-refractivity contribution in [3.8, 4) is 0 Å². The van der Waals surface area contributed by atoms with Crippen LogP contribution in [0.2, 0.25) is 0 Å². The van der Waals surface area contributed by atoms with Gasteiger partial charge in [-0.2, -0.15) is 0 Å². The van der Waals surface area contributed by atoms with Crippen LogP contribution in [0.1, 0.15) is 18.4 Å². The van der Waals surface area contributed by atoms with Crippen LogP contribution in [0, 0.1) is 11.7 Å². The number of carbonyl (C=O) groups is 1. The van der Waals surface area contributed by atoms with Crippen molar-refractivity contribution in [3.63, 3.8) is 0 Å². The number of halogens is 1. The molecule has 3 heterocycles. The molecule has 134 valence electrons. The standard InChI is InChI=1S/C17H21FN4O3/c1-3-4-6-22-9-13(18)12(8-14(22)23)17-10-25-7-5-11(17)15(24)21(2)16(19)20-17/h3,8-9,11H,1,4-7,10H2,2H3,(H2,19,20). The quantitative estimate of drug-likeness (QED) is 0.806. The number of hydrogen-bond donors (Lipinski definition) is 1. The minimum atomic E-state index is -1.30. The highest BCUT2D eigenvalue weighted by molar-refractivity contribution is 6.00. The van der Waals surface area contributed by atoms with Crippen LogP contribution in [-0.4, -0.2) is 41.6 Å². The van der Waals surface area contributed by atoms with Crippen LogP contribution < -0.4 is 11.3 Å². The number of rotatable bonds is 4. The second-order valence-corrected chi connectivity index (χ2v) is 6.33. The van der Waals surface area contributed by atoms with Crippen molar-refractivity contribution in [1.82, 2.24) is 9.47 Å². The zero-order valence-corrected chi connectivity index (χ0v) is 14.1. The number of amides is 1. The lowest BCUT2D eigenvalue weighted by Gasteiger charge is -2.45. The molecule has 0 aromatic carbocycles. The van der Waals surface area contributed by atoms with Gasteiger partial charge in [-0.1, -0.05) is 6.08 Å². The number of ether oxygens (including phenoxy) is 1. The van der Waals surface area contributed by atoms with Gasteiger partial charge < -0.3 is 15.0 Å². The number of fused-ring (bicyclic) bond motifs is 1. The van der Waals surface area contributed by atoms with Gasteiger partial charge in [0, 0.05) is 38.0 Å². The normalized spacial score (nSPS) is 26.2. The minimum absolute atomic E-state index is 0.00494. The van der Waals surface area contributed by atoms with Gasteiger partial charge in [0.1, 0.15) is 11.4 Å². The second-order valence-electron chi connectivity index (χ2n) is 6.33. The Morgan fingerprint density at radius 2 is 2.32 bits per heavy atom. The van der Waals surface area contributed by atoms with Crippen molar-refractivity contribution in [3.05, 3.63) is 46.7 Å². The van der Waals surface area contributed by atoms with E-state index < -0.39 is 17.3 Å². The first-order valence-corrected chi connectivity index (χ1v) is 8.12. The number of carbonyl (C=O) groups excluding carboxylic acids is 1. The summed E-state index contributed by atoms with van der Waals surface area (Å²) in [6, 6.07) is 1.20. The van der Waals surface area contributed by atoms with E-state index in [-0.39, 0.29) is 29.6 Å². The molecule has 2 atom stereocenters. The molecule has 1 amide bonds. The van der Waals surface area contributed by atoms with Gasteiger partial charge >= 0.3 is 0 Å². The van der Waals surface area contributed by atoms with Gasteiger partial charge in [-0.05, 0) is 12.8 Å². The third-order valence-corrected chi connectivity index (χ3v) is 4.85. The van der Waals surface area contributed by atoms with Gasteiger partial charge in [-0.3, -0.25) is 14.5 Å². The fraction of sp³-hybridized carbons (Fsp3) is 0.471. The van der Waals surface area contributed by atoms with Crippen LogP contribution in [0.15, 0.2) is 34.7 Å². The molecule has 2 unspecified atom stereocenters. The number of pyridine rings is 1. The zero-order valence-electron chi connectivity index (χ0n) is 14.1. The Balaban J connectivity index is 2.15. The van der Waals surface area contributed by atoms with Gasteiger partial charge in [-0.15, -0.1) is 6.58 Å². The first-order chi connectivity index (χ1) is 11.9. The maximum Gasteiger partial charge on any atom is 0.251 e. The number of guanidine groups is 1. The summed E-state index contributed by atoms with van der Waals surface area (Å²) in [6.07, 6.45) is 3.74. The number of allylic oxidation sites excluding steroid dienone is 1. The number of nitrogens with zero attached hydrogens (tertiary/aromatic N) is 3. The SMILES string of the molecule is C=CCCn1cc(F)c(C23COCCC2C(=O)N(C)C(N)=N3)cc1=O. The first-order valence-electron chi connectivity index (χ1n) is 8.12. The van der Waals surface area contributed by atoms with Gasteiger partial charge in [0.15, 0.2) is 5.96 Å². The number of aromatic nitrogens is 1. The van der Waals surface area contributed by atoms with E-state index in [2.05, 4.69) is 11.6 Å². The summed E-state index contributed by atoms with van der Waals surface area (Å²) in [7, 11) is 1.53. The van der Waals surface area contributed by atoms with Crippen molar-refractivity contribution in [2.75, 3.05) is 20.3 Å². The van der Waals surface area contributed by atoms with E-state index in [0.717, 1.165) is 6.20 Å². The first kappa shape index (κ1) is 17.3. The lowest BCUT2D eigenvalue weighted by Crippen LogP contribution is -2.58. The van der Waals surface area contributed by atoms with Crippen molar-refractivity contribution < 1.29 is 13.9 Å². The largest absolute Gasteiger partial charge is 0.379 e. The maximum absolute atomic E-state index is 14.9. The highest BCUT2D eigenvalue weighted by atomic mass is 19.1. The predicted molar refractivity (Wildman–Crippen MR) is 90.5 cm³/mol. The molecule has 2 aliphatic heterocycles. The van der Waals surface area contributed by atoms with Crippen LogP contribution in [0.25, 0.3) is 0 Å². The summed E-state index contributed by atoms with van der Waals surface area (Å²) >= 11 is 0. The van der Waals surface area contributed by atoms with Gasteiger partial charge in [0.05, 0.1) is 12.5 Å². The second kappa shape index (κ2) is 6.44. The Kier molecular flexibility index (Phi) is 4.47. The smallest absolute Gasteiger partial charge is 0.251 e.